The van der Waals surface area contributed by atoms with Crippen LogP contribution in [0.2, 0.25) is 0 Å². The summed E-state index contributed by atoms with van der Waals surface area (Å²) in [6.45, 7) is 0. The summed E-state index contributed by atoms with van der Waals surface area (Å²) in [4.78, 5) is 32.5. The summed E-state index contributed by atoms with van der Waals surface area (Å²) in [5.41, 5.74) is 2.19. The Kier molecular flexibility index (Phi) is 2.74. The van der Waals surface area contributed by atoms with Gasteiger partial charge < -0.3 is 4.98 Å². The average Bonchev–Trinajstić information content (AvgIpc) is 3.02. The normalized spacial score (nSPS) is 11.4. The number of fused-ring (bicyclic) bond motifs is 3. The first-order valence-electron chi connectivity index (χ1n) is 7.22. The van der Waals surface area contributed by atoms with Crippen LogP contribution < -0.4 is 11.2 Å². The van der Waals surface area contributed by atoms with Gasteiger partial charge in [-0.25, -0.2) is 9.78 Å². The van der Waals surface area contributed by atoms with Gasteiger partial charge in [0.05, 0.1) is 16.4 Å². The van der Waals surface area contributed by atoms with Crippen LogP contribution >= 0.6 is 0 Å². The molecule has 2 aromatic carbocycles. The Labute approximate surface area is 130 Å². The van der Waals surface area contributed by atoms with Gasteiger partial charge in [-0.2, -0.15) is 0 Å². The zero-order chi connectivity index (χ0) is 16.1. The number of hydrogen-bond acceptors (Lipinski definition) is 3. The van der Waals surface area contributed by atoms with Crippen molar-refractivity contribution in [1.82, 2.24) is 19.1 Å². The molecule has 0 unspecified atom stereocenters. The monoisotopic (exact) mass is 306 g/mol. The van der Waals surface area contributed by atoms with Crippen molar-refractivity contribution in [2.75, 3.05) is 0 Å². The largest absolute Gasteiger partial charge is 0.338 e. The van der Waals surface area contributed by atoms with Gasteiger partial charge in [-0.1, -0.05) is 30.3 Å². The number of aromatic nitrogens is 4. The summed E-state index contributed by atoms with van der Waals surface area (Å²) < 4.78 is 2.58. The van der Waals surface area contributed by atoms with Crippen LogP contribution in [0.1, 0.15) is 0 Å². The molecule has 4 aromatic rings. The van der Waals surface area contributed by atoms with Crippen LogP contribution in [0.25, 0.3) is 33.3 Å². The molecule has 0 radical (unpaired) electrons. The van der Waals surface area contributed by atoms with E-state index in [1.165, 1.54) is 11.6 Å². The fourth-order valence-electron chi connectivity index (χ4n) is 2.87. The predicted molar refractivity (Wildman–Crippen MR) is 89.5 cm³/mol. The molecule has 6 heteroatoms. The molecule has 0 saturated heterocycles. The van der Waals surface area contributed by atoms with Crippen molar-refractivity contribution in [3.05, 3.63) is 63.3 Å². The number of aryl methyl sites for hydroxylation is 1. The number of H-pyrrole nitrogens is 1. The summed E-state index contributed by atoms with van der Waals surface area (Å²) >= 11 is 0. The zero-order valence-electron chi connectivity index (χ0n) is 12.7. The highest BCUT2D eigenvalue weighted by Gasteiger charge is 2.15. The smallest absolute Gasteiger partial charge is 0.330 e. The second-order valence-electron chi connectivity index (χ2n) is 5.51. The SMILES string of the molecule is Cn1c(=O)c2c3nc(-c4ccccc4)[nH]c3ccc2n(C)c1=O. The molecular weight excluding hydrogens is 292 g/mol. The minimum Gasteiger partial charge on any atom is -0.338 e. The maximum absolute atomic E-state index is 12.6. The van der Waals surface area contributed by atoms with E-state index in [9.17, 15) is 9.59 Å². The highest BCUT2D eigenvalue weighted by atomic mass is 16.2. The summed E-state index contributed by atoms with van der Waals surface area (Å²) in [5.74, 6) is 0.698. The van der Waals surface area contributed by atoms with Gasteiger partial charge in [0, 0.05) is 19.7 Å². The van der Waals surface area contributed by atoms with Gasteiger partial charge in [0.25, 0.3) is 5.56 Å². The fourth-order valence-corrected chi connectivity index (χ4v) is 2.87. The number of hydrogen-bond donors (Lipinski definition) is 1. The van der Waals surface area contributed by atoms with Crippen molar-refractivity contribution in [2.45, 2.75) is 0 Å². The minimum atomic E-state index is -0.347. The molecule has 0 amide bonds. The zero-order valence-corrected chi connectivity index (χ0v) is 12.7. The number of nitrogens with one attached hydrogen (secondary N) is 1. The van der Waals surface area contributed by atoms with Crippen molar-refractivity contribution in [1.29, 1.82) is 0 Å². The van der Waals surface area contributed by atoms with E-state index in [1.807, 2.05) is 36.4 Å². The first kappa shape index (κ1) is 13.5. The van der Waals surface area contributed by atoms with E-state index >= 15 is 0 Å². The van der Waals surface area contributed by atoms with Crippen LogP contribution in [0, 0.1) is 0 Å². The first-order chi connectivity index (χ1) is 11.1. The van der Waals surface area contributed by atoms with E-state index in [0.29, 0.717) is 22.2 Å². The number of rotatable bonds is 1. The molecule has 0 aliphatic heterocycles. The molecule has 0 fully saturated rings. The topological polar surface area (TPSA) is 72.7 Å². The third-order valence-electron chi connectivity index (χ3n) is 4.13. The number of imidazole rings is 1. The standard InChI is InChI=1S/C17H14N4O2/c1-20-12-9-8-11-14(13(12)16(22)21(2)17(20)23)19-15(18-11)10-6-4-3-5-7-10/h3-9H,1-2H3,(H,18,19). The van der Waals surface area contributed by atoms with E-state index in [2.05, 4.69) is 9.97 Å². The third-order valence-corrected chi connectivity index (χ3v) is 4.13. The molecule has 23 heavy (non-hydrogen) atoms. The molecule has 114 valence electrons. The van der Waals surface area contributed by atoms with Crippen LogP contribution in [-0.4, -0.2) is 19.1 Å². The fraction of sp³-hybridized carbons (Fsp3) is 0.118. The van der Waals surface area contributed by atoms with E-state index < -0.39 is 0 Å². The Bertz CT molecular complexity index is 1170. The van der Waals surface area contributed by atoms with Gasteiger partial charge in [0.1, 0.15) is 11.3 Å². The Balaban J connectivity index is 2.16. The molecule has 0 aliphatic rings. The molecule has 0 aliphatic carbocycles. The third kappa shape index (κ3) is 1.85. The van der Waals surface area contributed by atoms with Crippen molar-refractivity contribution in [3.63, 3.8) is 0 Å². The van der Waals surface area contributed by atoms with E-state index in [1.54, 1.807) is 13.1 Å². The lowest BCUT2D eigenvalue weighted by atomic mass is 10.2. The molecule has 1 N–H and O–H groups in total. The van der Waals surface area contributed by atoms with Crippen molar-refractivity contribution < 1.29 is 0 Å². The van der Waals surface area contributed by atoms with E-state index in [0.717, 1.165) is 15.6 Å². The quantitative estimate of drug-likeness (QED) is 0.582. The Morgan fingerprint density at radius 3 is 2.43 bits per heavy atom. The highest BCUT2D eigenvalue weighted by molar-refractivity contribution is 6.03. The lowest BCUT2D eigenvalue weighted by molar-refractivity contribution is 0.714. The van der Waals surface area contributed by atoms with Crippen molar-refractivity contribution in [3.8, 4) is 11.4 Å². The van der Waals surface area contributed by atoms with Gasteiger partial charge in [0.2, 0.25) is 0 Å². The molecular formula is C17H14N4O2. The molecule has 0 saturated carbocycles. The highest BCUT2D eigenvalue weighted by Crippen LogP contribution is 2.24. The molecule has 0 bridgehead atoms. The van der Waals surface area contributed by atoms with Gasteiger partial charge in [-0.15, -0.1) is 0 Å². The molecule has 0 atom stereocenters. The van der Waals surface area contributed by atoms with Gasteiger partial charge in [-0.05, 0) is 12.1 Å². The van der Waals surface area contributed by atoms with Crippen LogP contribution in [0.3, 0.4) is 0 Å². The lowest BCUT2D eigenvalue weighted by Crippen LogP contribution is -2.37. The molecule has 2 aromatic heterocycles. The van der Waals surface area contributed by atoms with Gasteiger partial charge in [-0.3, -0.25) is 13.9 Å². The number of aromatic amines is 1. The summed E-state index contributed by atoms with van der Waals surface area (Å²) in [7, 11) is 3.13. The number of benzene rings is 2. The second kappa shape index (κ2) is 4.67. The minimum absolute atomic E-state index is 0.334. The second-order valence-corrected chi connectivity index (χ2v) is 5.51. The van der Waals surface area contributed by atoms with Crippen molar-refractivity contribution >= 4 is 21.9 Å². The Morgan fingerprint density at radius 1 is 0.957 bits per heavy atom. The summed E-state index contributed by atoms with van der Waals surface area (Å²) in [6, 6.07) is 13.3. The Morgan fingerprint density at radius 2 is 1.70 bits per heavy atom. The van der Waals surface area contributed by atoms with Gasteiger partial charge in [0.15, 0.2) is 0 Å². The van der Waals surface area contributed by atoms with Crippen LogP contribution in [0.4, 0.5) is 0 Å². The molecule has 0 spiro atoms. The molecule has 6 nitrogen and oxygen atoms in total. The number of nitrogens with zero attached hydrogens (tertiary/aromatic N) is 3. The van der Waals surface area contributed by atoms with E-state index in [4.69, 9.17) is 0 Å². The van der Waals surface area contributed by atoms with Crippen LogP contribution in [-0.2, 0) is 14.1 Å². The molecule has 2 heterocycles. The summed E-state index contributed by atoms with van der Waals surface area (Å²) in [5, 5.41) is 0.450. The lowest BCUT2D eigenvalue weighted by Gasteiger charge is -2.07. The predicted octanol–water partition coefficient (Wildman–Crippen LogP) is 1.78. The van der Waals surface area contributed by atoms with Crippen LogP contribution in [0.15, 0.2) is 52.1 Å². The van der Waals surface area contributed by atoms with Crippen LogP contribution in [0.5, 0.6) is 0 Å². The maximum Gasteiger partial charge on any atom is 0.330 e. The van der Waals surface area contributed by atoms with E-state index in [-0.39, 0.29) is 11.2 Å². The Hall–Kier alpha value is -3.15. The first-order valence-corrected chi connectivity index (χ1v) is 7.22. The maximum atomic E-state index is 12.6. The average molecular weight is 306 g/mol. The summed E-state index contributed by atoms with van der Waals surface area (Å²) in [6.07, 6.45) is 0. The van der Waals surface area contributed by atoms with Gasteiger partial charge >= 0.3 is 5.69 Å². The van der Waals surface area contributed by atoms with Crippen molar-refractivity contribution in [2.24, 2.45) is 14.1 Å². The molecule has 4 rings (SSSR count).